The standard InChI is InChI=1S/C16H14ClFO/c1-10-4-3-5-11(2)13(10)9-16(19)12-6-7-15(18)14(17)8-12/h3-8H,9H2,1-2H3. The Hall–Kier alpha value is -1.67. The second-order valence-corrected chi connectivity index (χ2v) is 5.01. The number of benzene rings is 2. The molecule has 0 saturated heterocycles. The summed E-state index contributed by atoms with van der Waals surface area (Å²) in [5.74, 6) is -0.565. The molecule has 0 fully saturated rings. The molecule has 0 spiro atoms. The zero-order chi connectivity index (χ0) is 14.0. The predicted octanol–water partition coefficient (Wildman–Crippen LogP) is 4.52. The second-order valence-electron chi connectivity index (χ2n) is 4.60. The first kappa shape index (κ1) is 13.8. The topological polar surface area (TPSA) is 17.1 Å². The second kappa shape index (κ2) is 5.54. The molecular weight excluding hydrogens is 263 g/mol. The molecule has 2 rings (SSSR count). The Bertz CT molecular complexity index is 614. The molecule has 0 bridgehead atoms. The molecule has 0 atom stereocenters. The molecule has 0 aromatic heterocycles. The van der Waals surface area contributed by atoms with E-state index in [0.29, 0.717) is 12.0 Å². The highest BCUT2D eigenvalue weighted by atomic mass is 35.5. The molecule has 0 amide bonds. The lowest BCUT2D eigenvalue weighted by Gasteiger charge is -2.09. The average Bonchev–Trinajstić information content (AvgIpc) is 2.37. The Kier molecular flexibility index (Phi) is 4.01. The van der Waals surface area contributed by atoms with Crippen LogP contribution in [-0.4, -0.2) is 5.78 Å². The van der Waals surface area contributed by atoms with E-state index < -0.39 is 5.82 Å². The summed E-state index contributed by atoms with van der Waals surface area (Å²) in [5, 5.41) is -0.0210. The Morgan fingerprint density at radius 1 is 1.16 bits per heavy atom. The molecule has 0 unspecified atom stereocenters. The van der Waals surface area contributed by atoms with Crippen molar-refractivity contribution in [2.45, 2.75) is 20.3 Å². The molecule has 0 saturated carbocycles. The first-order chi connectivity index (χ1) is 8.99. The van der Waals surface area contributed by atoms with Crippen LogP contribution in [0.25, 0.3) is 0 Å². The van der Waals surface area contributed by atoms with E-state index in [1.54, 1.807) is 0 Å². The number of hydrogen-bond donors (Lipinski definition) is 0. The van der Waals surface area contributed by atoms with Crippen LogP contribution in [0.1, 0.15) is 27.0 Å². The maximum atomic E-state index is 13.1. The lowest BCUT2D eigenvalue weighted by molar-refractivity contribution is 0.0992. The Morgan fingerprint density at radius 2 is 1.79 bits per heavy atom. The molecule has 1 nitrogen and oxygen atoms in total. The third-order valence-electron chi connectivity index (χ3n) is 3.22. The third-order valence-corrected chi connectivity index (χ3v) is 3.51. The van der Waals surface area contributed by atoms with Crippen LogP contribution in [0, 0.1) is 19.7 Å². The van der Waals surface area contributed by atoms with Crippen LogP contribution in [0.15, 0.2) is 36.4 Å². The van der Waals surface area contributed by atoms with Crippen molar-refractivity contribution in [1.29, 1.82) is 0 Å². The van der Waals surface area contributed by atoms with Gasteiger partial charge in [0.05, 0.1) is 5.02 Å². The number of carbonyl (C=O) groups is 1. The van der Waals surface area contributed by atoms with Crippen LogP contribution in [0.2, 0.25) is 5.02 Å². The fraction of sp³-hybridized carbons (Fsp3) is 0.188. The van der Waals surface area contributed by atoms with E-state index >= 15 is 0 Å². The van der Waals surface area contributed by atoms with Gasteiger partial charge >= 0.3 is 0 Å². The Balaban J connectivity index is 2.28. The molecule has 0 radical (unpaired) electrons. The molecule has 2 aromatic carbocycles. The number of hydrogen-bond acceptors (Lipinski definition) is 1. The summed E-state index contributed by atoms with van der Waals surface area (Å²) in [7, 11) is 0. The molecule has 0 aliphatic carbocycles. The van der Waals surface area contributed by atoms with E-state index in [-0.39, 0.29) is 10.8 Å². The van der Waals surface area contributed by atoms with Crippen LogP contribution < -0.4 is 0 Å². The molecule has 0 heterocycles. The van der Waals surface area contributed by atoms with Gasteiger partial charge < -0.3 is 0 Å². The Labute approximate surface area is 117 Å². The summed E-state index contributed by atoms with van der Waals surface area (Å²) in [5.41, 5.74) is 3.63. The predicted molar refractivity (Wildman–Crippen MR) is 75.4 cm³/mol. The zero-order valence-electron chi connectivity index (χ0n) is 10.8. The van der Waals surface area contributed by atoms with Gasteiger partial charge in [0.1, 0.15) is 5.82 Å². The normalized spacial score (nSPS) is 10.5. The van der Waals surface area contributed by atoms with E-state index in [0.717, 1.165) is 16.7 Å². The van der Waals surface area contributed by atoms with Crippen molar-refractivity contribution in [3.8, 4) is 0 Å². The van der Waals surface area contributed by atoms with Crippen molar-refractivity contribution in [3.63, 3.8) is 0 Å². The van der Waals surface area contributed by atoms with Gasteiger partial charge in [0.2, 0.25) is 0 Å². The minimum atomic E-state index is -0.509. The smallest absolute Gasteiger partial charge is 0.167 e. The van der Waals surface area contributed by atoms with E-state index in [1.807, 2.05) is 32.0 Å². The van der Waals surface area contributed by atoms with Crippen LogP contribution in [0.5, 0.6) is 0 Å². The van der Waals surface area contributed by atoms with Crippen molar-refractivity contribution < 1.29 is 9.18 Å². The average molecular weight is 277 g/mol. The number of carbonyl (C=O) groups excluding carboxylic acids is 1. The number of Topliss-reactive ketones (excluding diaryl/α,β-unsaturated/α-hetero) is 1. The Morgan fingerprint density at radius 3 is 2.37 bits per heavy atom. The zero-order valence-corrected chi connectivity index (χ0v) is 11.6. The summed E-state index contributed by atoms with van der Waals surface area (Å²) in [6.45, 7) is 3.96. The summed E-state index contributed by atoms with van der Waals surface area (Å²) in [6, 6.07) is 10.00. The number of aryl methyl sites for hydroxylation is 2. The van der Waals surface area contributed by atoms with Gasteiger partial charge in [0, 0.05) is 12.0 Å². The van der Waals surface area contributed by atoms with Gasteiger partial charge in [-0.15, -0.1) is 0 Å². The van der Waals surface area contributed by atoms with Gasteiger partial charge in [-0.25, -0.2) is 4.39 Å². The molecular formula is C16H14ClFO. The van der Waals surface area contributed by atoms with Crippen molar-refractivity contribution in [2.24, 2.45) is 0 Å². The van der Waals surface area contributed by atoms with E-state index in [2.05, 4.69) is 0 Å². The van der Waals surface area contributed by atoms with Crippen molar-refractivity contribution >= 4 is 17.4 Å². The minimum Gasteiger partial charge on any atom is -0.294 e. The largest absolute Gasteiger partial charge is 0.294 e. The first-order valence-corrected chi connectivity index (χ1v) is 6.40. The highest BCUT2D eigenvalue weighted by Crippen LogP contribution is 2.20. The van der Waals surface area contributed by atoms with Crippen LogP contribution in [-0.2, 0) is 6.42 Å². The molecule has 0 aliphatic heterocycles. The maximum Gasteiger partial charge on any atom is 0.167 e. The monoisotopic (exact) mass is 276 g/mol. The lowest BCUT2D eigenvalue weighted by atomic mass is 9.95. The minimum absolute atomic E-state index is 0.0210. The van der Waals surface area contributed by atoms with E-state index in [9.17, 15) is 9.18 Å². The summed E-state index contributed by atoms with van der Waals surface area (Å²) in [6.07, 6.45) is 0.306. The quantitative estimate of drug-likeness (QED) is 0.753. The van der Waals surface area contributed by atoms with Crippen molar-refractivity contribution in [1.82, 2.24) is 0 Å². The number of halogens is 2. The van der Waals surface area contributed by atoms with Gasteiger partial charge in [0.15, 0.2) is 5.78 Å². The lowest BCUT2D eigenvalue weighted by Crippen LogP contribution is -2.06. The first-order valence-electron chi connectivity index (χ1n) is 6.02. The van der Waals surface area contributed by atoms with Gasteiger partial charge in [0.25, 0.3) is 0 Å². The summed E-state index contributed by atoms with van der Waals surface area (Å²) >= 11 is 5.70. The van der Waals surface area contributed by atoms with Gasteiger partial charge in [-0.3, -0.25) is 4.79 Å². The maximum absolute atomic E-state index is 13.1. The van der Waals surface area contributed by atoms with Gasteiger partial charge in [-0.2, -0.15) is 0 Å². The fourth-order valence-electron chi connectivity index (χ4n) is 2.06. The molecule has 98 valence electrons. The molecule has 0 aliphatic rings. The summed E-state index contributed by atoms with van der Waals surface area (Å²) in [4.78, 5) is 12.2. The third kappa shape index (κ3) is 3.02. The van der Waals surface area contributed by atoms with E-state index in [1.165, 1.54) is 18.2 Å². The SMILES string of the molecule is Cc1cccc(C)c1CC(=O)c1ccc(F)c(Cl)c1. The van der Waals surface area contributed by atoms with Crippen molar-refractivity contribution in [3.05, 3.63) is 69.5 Å². The van der Waals surface area contributed by atoms with Gasteiger partial charge in [-0.05, 0) is 48.7 Å². The fourth-order valence-corrected chi connectivity index (χ4v) is 2.24. The number of ketones is 1. The summed E-state index contributed by atoms with van der Waals surface area (Å²) < 4.78 is 13.1. The number of rotatable bonds is 3. The van der Waals surface area contributed by atoms with Gasteiger partial charge in [-0.1, -0.05) is 29.8 Å². The molecule has 19 heavy (non-hydrogen) atoms. The van der Waals surface area contributed by atoms with Crippen LogP contribution >= 0.6 is 11.6 Å². The highest BCUT2D eigenvalue weighted by molar-refractivity contribution is 6.31. The molecule has 2 aromatic rings. The molecule has 3 heteroatoms. The molecule has 0 N–H and O–H groups in total. The van der Waals surface area contributed by atoms with E-state index in [4.69, 9.17) is 11.6 Å². The van der Waals surface area contributed by atoms with Crippen LogP contribution in [0.4, 0.5) is 4.39 Å². The van der Waals surface area contributed by atoms with Crippen molar-refractivity contribution in [2.75, 3.05) is 0 Å². The van der Waals surface area contributed by atoms with Crippen LogP contribution in [0.3, 0.4) is 0 Å². The highest BCUT2D eigenvalue weighted by Gasteiger charge is 2.12.